The first-order valence-electron chi connectivity index (χ1n) is 8.36. The van der Waals surface area contributed by atoms with Gasteiger partial charge in [-0.3, -0.25) is 4.99 Å². The summed E-state index contributed by atoms with van der Waals surface area (Å²) in [6.07, 6.45) is 4.47. The Kier molecular flexibility index (Phi) is 7.32. The van der Waals surface area contributed by atoms with Crippen LogP contribution in [0.3, 0.4) is 0 Å². The Morgan fingerprint density at radius 3 is 2.19 bits per heavy atom. The first kappa shape index (κ1) is 20.4. The highest BCUT2D eigenvalue weighted by Gasteiger charge is 2.19. The van der Waals surface area contributed by atoms with Crippen molar-refractivity contribution in [1.82, 2.24) is 0 Å². The van der Waals surface area contributed by atoms with Crippen LogP contribution in [0.1, 0.15) is 25.0 Å². The van der Waals surface area contributed by atoms with Crippen LogP contribution in [0.25, 0.3) is 6.08 Å². The molecule has 1 atom stereocenters. The average Bonchev–Trinajstić information content (AvgIpc) is 2.62. The summed E-state index contributed by atoms with van der Waals surface area (Å²) in [5.41, 5.74) is 1.56. The maximum absolute atomic E-state index is 11.9. The van der Waals surface area contributed by atoms with Crippen LogP contribution in [0.5, 0.6) is 5.75 Å². The number of carboxylic acids is 1. The number of hydrogen-bond acceptors (Lipinski definition) is 4. The second-order valence-electron chi connectivity index (χ2n) is 6.18. The van der Waals surface area contributed by atoms with Gasteiger partial charge < -0.3 is 9.84 Å². The Morgan fingerprint density at radius 2 is 1.63 bits per heavy atom. The molecule has 0 aromatic heterocycles. The molecular formula is C21H20ClNO4. The number of hydrogen-bond donors (Lipinski definition) is 1. The molecule has 0 radical (unpaired) electrons. The summed E-state index contributed by atoms with van der Waals surface area (Å²) in [5.74, 6) is -1.18. The van der Waals surface area contributed by atoms with E-state index in [2.05, 4.69) is 4.99 Å². The van der Waals surface area contributed by atoms with Gasteiger partial charge in [0.2, 0.25) is 0 Å². The molecule has 0 bridgehead atoms. The molecule has 0 aliphatic carbocycles. The lowest BCUT2D eigenvalue weighted by Gasteiger charge is -2.10. The minimum atomic E-state index is -0.959. The molecule has 2 aromatic rings. The van der Waals surface area contributed by atoms with E-state index in [1.165, 1.54) is 12.3 Å². The van der Waals surface area contributed by atoms with Crippen LogP contribution in [-0.2, 0) is 9.59 Å². The molecule has 0 heterocycles. The summed E-state index contributed by atoms with van der Waals surface area (Å²) in [4.78, 5) is 27.1. The fraction of sp³-hybridized carbons (Fsp3) is 0.190. The van der Waals surface area contributed by atoms with Gasteiger partial charge in [-0.1, -0.05) is 37.6 Å². The van der Waals surface area contributed by atoms with Gasteiger partial charge in [0, 0.05) is 17.3 Å². The molecule has 0 aliphatic heterocycles. The molecule has 1 unspecified atom stereocenters. The van der Waals surface area contributed by atoms with Crippen LogP contribution in [-0.4, -0.2) is 29.3 Å². The van der Waals surface area contributed by atoms with Crippen molar-refractivity contribution in [2.24, 2.45) is 10.9 Å². The quantitative estimate of drug-likeness (QED) is 0.330. The van der Waals surface area contributed by atoms with Crippen molar-refractivity contribution < 1.29 is 19.4 Å². The third-order valence-corrected chi connectivity index (χ3v) is 3.90. The first-order valence-corrected chi connectivity index (χ1v) is 8.74. The number of benzene rings is 2. The van der Waals surface area contributed by atoms with Gasteiger partial charge in [-0.2, -0.15) is 0 Å². The fourth-order valence-electron chi connectivity index (χ4n) is 2.20. The van der Waals surface area contributed by atoms with Crippen molar-refractivity contribution in [2.75, 3.05) is 0 Å². The lowest BCUT2D eigenvalue weighted by atomic mass is 10.1. The zero-order valence-electron chi connectivity index (χ0n) is 15.0. The maximum atomic E-state index is 11.9. The molecule has 27 heavy (non-hydrogen) atoms. The van der Waals surface area contributed by atoms with Crippen LogP contribution >= 0.6 is 11.6 Å². The number of carbonyl (C=O) groups is 2. The van der Waals surface area contributed by atoms with Gasteiger partial charge in [-0.25, -0.2) is 9.59 Å². The maximum Gasteiger partial charge on any atom is 0.336 e. The SMILES string of the molecule is CC(C)C(/N=C/c1ccc(OC(=O)/C=C/c2ccc(Cl)cc2)cc1)C(=O)O. The van der Waals surface area contributed by atoms with Gasteiger partial charge in [0.15, 0.2) is 0 Å². The molecule has 0 amide bonds. The van der Waals surface area contributed by atoms with E-state index in [9.17, 15) is 9.59 Å². The predicted molar refractivity (Wildman–Crippen MR) is 106 cm³/mol. The highest BCUT2D eigenvalue weighted by atomic mass is 35.5. The smallest absolute Gasteiger partial charge is 0.336 e. The Balaban J connectivity index is 1.95. The highest BCUT2D eigenvalue weighted by molar-refractivity contribution is 6.30. The molecule has 5 nitrogen and oxygen atoms in total. The van der Waals surface area contributed by atoms with E-state index >= 15 is 0 Å². The van der Waals surface area contributed by atoms with Gasteiger partial charge in [0.25, 0.3) is 0 Å². The van der Waals surface area contributed by atoms with Gasteiger partial charge in [0.05, 0.1) is 0 Å². The molecule has 140 valence electrons. The van der Waals surface area contributed by atoms with Crippen LogP contribution in [0, 0.1) is 5.92 Å². The summed E-state index contributed by atoms with van der Waals surface area (Å²) in [7, 11) is 0. The number of aliphatic carboxylic acids is 1. The summed E-state index contributed by atoms with van der Waals surface area (Å²) in [6, 6.07) is 12.9. The van der Waals surface area contributed by atoms with Gasteiger partial charge >= 0.3 is 11.9 Å². The topological polar surface area (TPSA) is 76.0 Å². The van der Waals surface area contributed by atoms with Crippen molar-refractivity contribution in [3.05, 3.63) is 70.8 Å². The van der Waals surface area contributed by atoms with Crippen LogP contribution in [0.15, 0.2) is 59.6 Å². The zero-order chi connectivity index (χ0) is 19.8. The largest absolute Gasteiger partial charge is 0.480 e. The lowest BCUT2D eigenvalue weighted by Crippen LogP contribution is -2.24. The number of carboxylic acid groups (broad SMARTS) is 1. The van der Waals surface area contributed by atoms with Crippen LogP contribution in [0.2, 0.25) is 5.02 Å². The third-order valence-electron chi connectivity index (χ3n) is 3.65. The summed E-state index contributed by atoms with van der Waals surface area (Å²) < 4.78 is 5.23. The van der Waals surface area contributed by atoms with Crippen molar-refractivity contribution >= 4 is 35.8 Å². The monoisotopic (exact) mass is 385 g/mol. The van der Waals surface area contributed by atoms with Crippen molar-refractivity contribution in [2.45, 2.75) is 19.9 Å². The van der Waals surface area contributed by atoms with E-state index in [0.29, 0.717) is 10.8 Å². The standard InChI is InChI=1S/C21H20ClNO4/c1-14(2)20(21(25)26)23-13-16-5-10-18(11-6-16)27-19(24)12-7-15-3-8-17(22)9-4-15/h3-14,20H,1-2H3,(H,25,26)/b12-7+,23-13+. The van der Waals surface area contributed by atoms with E-state index in [0.717, 1.165) is 11.1 Å². The van der Waals surface area contributed by atoms with E-state index < -0.39 is 18.0 Å². The second kappa shape index (κ2) is 9.69. The van der Waals surface area contributed by atoms with Gasteiger partial charge in [0.1, 0.15) is 11.8 Å². The zero-order valence-corrected chi connectivity index (χ0v) is 15.8. The minimum absolute atomic E-state index is 0.105. The highest BCUT2D eigenvalue weighted by Crippen LogP contribution is 2.14. The number of nitrogens with zero attached hydrogens (tertiary/aromatic N) is 1. The lowest BCUT2D eigenvalue weighted by molar-refractivity contribution is -0.139. The number of halogens is 1. The van der Waals surface area contributed by atoms with Crippen LogP contribution in [0.4, 0.5) is 0 Å². The fourth-order valence-corrected chi connectivity index (χ4v) is 2.32. The molecule has 0 fully saturated rings. The first-order chi connectivity index (χ1) is 12.8. The van der Waals surface area contributed by atoms with Gasteiger partial charge in [-0.05, 0) is 59.5 Å². The van der Waals surface area contributed by atoms with Crippen molar-refractivity contribution in [3.63, 3.8) is 0 Å². The molecule has 0 saturated heterocycles. The number of aliphatic imine (C=N–C) groups is 1. The number of ether oxygens (including phenoxy) is 1. The Morgan fingerprint density at radius 1 is 1.04 bits per heavy atom. The minimum Gasteiger partial charge on any atom is -0.480 e. The van der Waals surface area contributed by atoms with E-state index in [1.807, 2.05) is 0 Å². The molecule has 2 aromatic carbocycles. The van der Waals surface area contributed by atoms with Crippen LogP contribution < -0.4 is 4.74 Å². The van der Waals surface area contributed by atoms with E-state index in [1.54, 1.807) is 68.5 Å². The molecule has 2 rings (SSSR count). The van der Waals surface area contributed by atoms with Crippen molar-refractivity contribution in [1.29, 1.82) is 0 Å². The molecule has 0 aliphatic rings. The molecule has 6 heteroatoms. The summed E-state index contributed by atoms with van der Waals surface area (Å²) in [5, 5.41) is 9.75. The van der Waals surface area contributed by atoms with Gasteiger partial charge in [-0.15, -0.1) is 0 Å². The second-order valence-corrected chi connectivity index (χ2v) is 6.62. The normalized spacial score (nSPS) is 12.6. The molecular weight excluding hydrogens is 366 g/mol. The van der Waals surface area contributed by atoms with Crippen molar-refractivity contribution in [3.8, 4) is 5.75 Å². The average molecular weight is 386 g/mol. The van der Waals surface area contributed by atoms with E-state index in [-0.39, 0.29) is 5.92 Å². The molecule has 1 N–H and O–H groups in total. The Labute approximate surface area is 163 Å². The number of esters is 1. The predicted octanol–water partition coefficient (Wildman–Crippen LogP) is 4.49. The summed E-state index contributed by atoms with van der Waals surface area (Å²) >= 11 is 5.81. The Hall–Kier alpha value is -2.92. The molecule has 0 spiro atoms. The summed E-state index contributed by atoms with van der Waals surface area (Å²) in [6.45, 7) is 3.60. The van der Waals surface area contributed by atoms with E-state index in [4.69, 9.17) is 21.4 Å². The number of rotatable bonds is 7. The molecule has 0 saturated carbocycles. The number of carbonyl (C=O) groups excluding carboxylic acids is 1. The Bertz CT molecular complexity index is 839. The third kappa shape index (κ3) is 6.72.